The summed E-state index contributed by atoms with van der Waals surface area (Å²) in [6.45, 7) is 2.05. The first kappa shape index (κ1) is 17.1. The second-order valence-electron chi connectivity index (χ2n) is 5.70. The van der Waals surface area contributed by atoms with Crippen molar-refractivity contribution in [3.63, 3.8) is 0 Å². The predicted octanol–water partition coefficient (Wildman–Crippen LogP) is 3.31. The van der Waals surface area contributed by atoms with Gasteiger partial charge in [-0.05, 0) is 56.4 Å². The first-order chi connectivity index (χ1) is 10.9. The molecule has 1 amide bonds. The van der Waals surface area contributed by atoms with Gasteiger partial charge in [-0.1, -0.05) is 18.2 Å². The molecule has 1 N–H and O–H groups in total. The van der Waals surface area contributed by atoms with Crippen LogP contribution in [0, 0.1) is 18.6 Å². The number of benzene rings is 2. The third-order valence-corrected chi connectivity index (χ3v) is 3.76. The lowest BCUT2D eigenvalue weighted by Gasteiger charge is -2.25. The Kier molecular flexibility index (Phi) is 5.45. The number of rotatable bonds is 5. The van der Waals surface area contributed by atoms with Crippen LogP contribution < -0.4 is 5.32 Å². The summed E-state index contributed by atoms with van der Waals surface area (Å²) in [5, 5.41) is 2.80. The van der Waals surface area contributed by atoms with Crippen LogP contribution in [0.3, 0.4) is 0 Å². The Morgan fingerprint density at radius 2 is 1.83 bits per heavy atom. The van der Waals surface area contributed by atoms with Crippen LogP contribution in [0.25, 0.3) is 0 Å². The van der Waals surface area contributed by atoms with Gasteiger partial charge < -0.3 is 10.2 Å². The molecule has 1 unspecified atom stereocenters. The van der Waals surface area contributed by atoms with Gasteiger partial charge in [-0.2, -0.15) is 0 Å². The molecule has 0 aliphatic heterocycles. The van der Waals surface area contributed by atoms with Crippen molar-refractivity contribution in [1.29, 1.82) is 0 Å². The van der Waals surface area contributed by atoms with E-state index in [1.165, 1.54) is 24.3 Å². The Morgan fingerprint density at radius 3 is 2.48 bits per heavy atom. The lowest BCUT2D eigenvalue weighted by Crippen LogP contribution is -2.34. The van der Waals surface area contributed by atoms with E-state index in [4.69, 9.17) is 0 Å². The predicted molar refractivity (Wildman–Crippen MR) is 86.3 cm³/mol. The molecule has 122 valence electrons. The average molecular weight is 318 g/mol. The second kappa shape index (κ2) is 7.33. The smallest absolute Gasteiger partial charge is 0.251 e. The van der Waals surface area contributed by atoms with Crippen molar-refractivity contribution < 1.29 is 13.6 Å². The van der Waals surface area contributed by atoms with E-state index in [9.17, 15) is 13.6 Å². The highest BCUT2D eigenvalue weighted by molar-refractivity contribution is 5.95. The van der Waals surface area contributed by atoms with Gasteiger partial charge in [0.15, 0.2) is 0 Å². The minimum atomic E-state index is -0.449. The summed E-state index contributed by atoms with van der Waals surface area (Å²) in [5.74, 6) is -1.11. The number of halogens is 2. The molecule has 2 rings (SSSR count). The van der Waals surface area contributed by atoms with E-state index in [1.54, 1.807) is 19.1 Å². The molecule has 0 heterocycles. The lowest BCUT2D eigenvalue weighted by molar-refractivity contribution is 0.0941. The fraction of sp³-hybridized carbons (Fsp3) is 0.278. The Bertz CT molecular complexity index is 701. The highest BCUT2D eigenvalue weighted by Crippen LogP contribution is 2.19. The Hall–Kier alpha value is -2.27. The van der Waals surface area contributed by atoms with Crippen LogP contribution in [0.15, 0.2) is 42.5 Å². The number of carbonyl (C=O) groups excluding carboxylic acids is 1. The van der Waals surface area contributed by atoms with Crippen molar-refractivity contribution in [3.8, 4) is 0 Å². The van der Waals surface area contributed by atoms with Crippen LogP contribution in [0.2, 0.25) is 0 Å². The molecule has 1 atom stereocenters. The molecule has 0 fully saturated rings. The Labute approximate surface area is 134 Å². The molecule has 3 nitrogen and oxygen atoms in total. The molecule has 5 heteroatoms. The van der Waals surface area contributed by atoms with Gasteiger partial charge in [0, 0.05) is 12.1 Å². The van der Waals surface area contributed by atoms with E-state index in [1.807, 2.05) is 25.1 Å². The van der Waals surface area contributed by atoms with Gasteiger partial charge in [0.1, 0.15) is 11.6 Å². The molecular formula is C18H20F2N2O. The summed E-state index contributed by atoms with van der Waals surface area (Å²) < 4.78 is 26.7. The van der Waals surface area contributed by atoms with Crippen LogP contribution in [0.4, 0.5) is 8.78 Å². The van der Waals surface area contributed by atoms with Crippen LogP contribution in [0.1, 0.15) is 27.5 Å². The zero-order chi connectivity index (χ0) is 17.0. The molecule has 2 aromatic carbocycles. The number of hydrogen-bond donors (Lipinski definition) is 1. The van der Waals surface area contributed by atoms with E-state index in [0.717, 1.165) is 5.56 Å². The normalized spacial score (nSPS) is 12.3. The van der Waals surface area contributed by atoms with Gasteiger partial charge in [0.2, 0.25) is 0 Å². The number of nitrogens with one attached hydrogen (secondary N) is 1. The first-order valence-corrected chi connectivity index (χ1v) is 7.34. The standard InChI is InChI=1S/C18H20F2N2O/c1-12-7-8-15(20)10-16(12)18(23)21-11-17(22(2)3)13-5-4-6-14(19)9-13/h4-10,17H,11H2,1-3H3,(H,21,23). The fourth-order valence-electron chi connectivity index (χ4n) is 2.44. The average Bonchev–Trinajstić information content (AvgIpc) is 2.49. The maximum Gasteiger partial charge on any atom is 0.251 e. The number of likely N-dealkylation sites (N-methyl/N-ethyl adjacent to an activating group) is 1. The summed E-state index contributed by atoms with van der Waals surface area (Å²) >= 11 is 0. The molecule has 0 saturated carbocycles. The third kappa shape index (κ3) is 4.36. The summed E-state index contributed by atoms with van der Waals surface area (Å²) in [4.78, 5) is 14.2. The SMILES string of the molecule is Cc1ccc(F)cc1C(=O)NCC(c1cccc(F)c1)N(C)C. The minimum absolute atomic E-state index is 0.177. The summed E-state index contributed by atoms with van der Waals surface area (Å²) in [5.41, 5.74) is 1.78. The molecule has 23 heavy (non-hydrogen) atoms. The second-order valence-corrected chi connectivity index (χ2v) is 5.70. The molecule has 0 aliphatic rings. The number of carbonyl (C=O) groups is 1. The number of nitrogens with zero attached hydrogens (tertiary/aromatic N) is 1. The molecular weight excluding hydrogens is 298 g/mol. The summed E-state index contributed by atoms with van der Waals surface area (Å²) in [6.07, 6.45) is 0. The highest BCUT2D eigenvalue weighted by Gasteiger charge is 2.17. The van der Waals surface area contributed by atoms with Crippen molar-refractivity contribution >= 4 is 5.91 Å². The number of aryl methyl sites for hydroxylation is 1. The summed E-state index contributed by atoms with van der Waals surface area (Å²) in [7, 11) is 3.71. The molecule has 0 spiro atoms. The number of hydrogen-bond acceptors (Lipinski definition) is 2. The van der Waals surface area contributed by atoms with E-state index in [0.29, 0.717) is 17.7 Å². The zero-order valence-electron chi connectivity index (χ0n) is 13.4. The van der Waals surface area contributed by atoms with Crippen molar-refractivity contribution in [3.05, 3.63) is 70.8 Å². The summed E-state index contributed by atoms with van der Waals surface area (Å²) in [6, 6.07) is 10.2. The molecule has 0 saturated heterocycles. The topological polar surface area (TPSA) is 32.3 Å². The van der Waals surface area contributed by atoms with Crippen LogP contribution in [-0.4, -0.2) is 31.4 Å². The molecule has 0 bridgehead atoms. The lowest BCUT2D eigenvalue weighted by atomic mass is 10.0. The van der Waals surface area contributed by atoms with E-state index >= 15 is 0 Å². The molecule has 0 aromatic heterocycles. The largest absolute Gasteiger partial charge is 0.350 e. The van der Waals surface area contributed by atoms with Crippen LogP contribution >= 0.6 is 0 Å². The van der Waals surface area contributed by atoms with Gasteiger partial charge in [-0.25, -0.2) is 8.78 Å². The monoisotopic (exact) mass is 318 g/mol. The maximum atomic E-state index is 13.4. The Morgan fingerprint density at radius 1 is 1.13 bits per heavy atom. The third-order valence-electron chi connectivity index (χ3n) is 3.76. The van der Waals surface area contributed by atoms with Crippen molar-refractivity contribution in [1.82, 2.24) is 10.2 Å². The minimum Gasteiger partial charge on any atom is -0.350 e. The van der Waals surface area contributed by atoms with Gasteiger partial charge >= 0.3 is 0 Å². The van der Waals surface area contributed by atoms with E-state index in [2.05, 4.69) is 5.32 Å². The maximum absolute atomic E-state index is 13.4. The molecule has 0 aliphatic carbocycles. The van der Waals surface area contributed by atoms with Crippen molar-refractivity contribution in [2.75, 3.05) is 20.6 Å². The van der Waals surface area contributed by atoms with Crippen LogP contribution in [-0.2, 0) is 0 Å². The Balaban J connectivity index is 2.13. The quantitative estimate of drug-likeness (QED) is 0.917. The van der Waals surface area contributed by atoms with Gasteiger partial charge in [0.25, 0.3) is 5.91 Å². The number of amides is 1. The van der Waals surface area contributed by atoms with Crippen molar-refractivity contribution in [2.24, 2.45) is 0 Å². The molecule has 0 radical (unpaired) electrons. The van der Waals surface area contributed by atoms with Gasteiger partial charge in [0.05, 0.1) is 6.04 Å². The van der Waals surface area contributed by atoms with Crippen LogP contribution in [0.5, 0.6) is 0 Å². The van der Waals surface area contributed by atoms with E-state index in [-0.39, 0.29) is 17.8 Å². The van der Waals surface area contributed by atoms with E-state index < -0.39 is 5.82 Å². The fourth-order valence-corrected chi connectivity index (χ4v) is 2.44. The van der Waals surface area contributed by atoms with Gasteiger partial charge in [-0.3, -0.25) is 4.79 Å². The van der Waals surface area contributed by atoms with Crippen molar-refractivity contribution in [2.45, 2.75) is 13.0 Å². The van der Waals surface area contributed by atoms with Gasteiger partial charge in [-0.15, -0.1) is 0 Å². The zero-order valence-corrected chi connectivity index (χ0v) is 13.4. The first-order valence-electron chi connectivity index (χ1n) is 7.34. The highest BCUT2D eigenvalue weighted by atomic mass is 19.1. The molecule has 2 aromatic rings.